The first-order chi connectivity index (χ1) is 9.61. The fourth-order valence-electron chi connectivity index (χ4n) is 2.09. The van der Waals surface area contributed by atoms with Gasteiger partial charge in [0, 0.05) is 6.54 Å². The van der Waals surface area contributed by atoms with Crippen LogP contribution in [0.4, 0.5) is 5.69 Å². The number of rotatable bonds is 5. The molecular weight excluding hydrogens is 250 g/mol. The van der Waals surface area contributed by atoms with Gasteiger partial charge in [0.1, 0.15) is 5.75 Å². The fraction of sp³-hybridized carbons (Fsp3) is 0.294. The molecule has 0 heterocycles. The average molecular weight is 271 g/mol. The van der Waals surface area contributed by atoms with Crippen molar-refractivity contribution in [3.05, 3.63) is 59.2 Å². The van der Waals surface area contributed by atoms with Crippen LogP contribution < -0.4 is 10.1 Å². The SMILES string of the molecule is COc1ccccc1NCC(O)c1ccc(C)c(C)c1. The molecule has 3 nitrogen and oxygen atoms in total. The maximum absolute atomic E-state index is 10.3. The van der Waals surface area contributed by atoms with E-state index >= 15 is 0 Å². The number of methoxy groups -OCH3 is 1. The number of aliphatic hydroxyl groups excluding tert-OH is 1. The topological polar surface area (TPSA) is 41.5 Å². The smallest absolute Gasteiger partial charge is 0.141 e. The van der Waals surface area contributed by atoms with E-state index in [9.17, 15) is 5.11 Å². The molecule has 0 aliphatic heterocycles. The third-order valence-corrected chi connectivity index (χ3v) is 3.51. The molecule has 0 aliphatic rings. The van der Waals surface area contributed by atoms with Crippen LogP contribution >= 0.6 is 0 Å². The Morgan fingerprint density at radius 3 is 2.55 bits per heavy atom. The molecule has 106 valence electrons. The second-order valence-electron chi connectivity index (χ2n) is 4.94. The predicted molar refractivity (Wildman–Crippen MR) is 82.4 cm³/mol. The Morgan fingerprint density at radius 2 is 1.85 bits per heavy atom. The van der Waals surface area contributed by atoms with Crippen LogP contribution in [0, 0.1) is 13.8 Å². The maximum Gasteiger partial charge on any atom is 0.141 e. The van der Waals surface area contributed by atoms with Crippen molar-refractivity contribution < 1.29 is 9.84 Å². The third kappa shape index (κ3) is 3.31. The van der Waals surface area contributed by atoms with Crippen LogP contribution in [0.15, 0.2) is 42.5 Å². The van der Waals surface area contributed by atoms with Gasteiger partial charge in [-0.25, -0.2) is 0 Å². The van der Waals surface area contributed by atoms with Gasteiger partial charge in [0.05, 0.1) is 18.9 Å². The normalized spacial score (nSPS) is 12.0. The lowest BCUT2D eigenvalue weighted by molar-refractivity contribution is 0.191. The lowest BCUT2D eigenvalue weighted by Gasteiger charge is -2.16. The summed E-state index contributed by atoms with van der Waals surface area (Å²) in [5.41, 5.74) is 4.24. The van der Waals surface area contributed by atoms with Crippen molar-refractivity contribution in [2.24, 2.45) is 0 Å². The Kier molecular flexibility index (Phi) is 4.64. The molecular formula is C17H21NO2. The van der Waals surface area contributed by atoms with Crippen LogP contribution in [0.1, 0.15) is 22.8 Å². The van der Waals surface area contributed by atoms with Gasteiger partial charge in [-0.2, -0.15) is 0 Å². The molecule has 0 bridgehead atoms. The van der Waals surface area contributed by atoms with Crippen molar-refractivity contribution in [3.8, 4) is 5.75 Å². The number of aliphatic hydroxyl groups is 1. The first-order valence-corrected chi connectivity index (χ1v) is 6.74. The summed E-state index contributed by atoms with van der Waals surface area (Å²) in [4.78, 5) is 0. The van der Waals surface area contributed by atoms with Crippen LogP contribution in [0.5, 0.6) is 5.75 Å². The summed E-state index contributed by atoms with van der Waals surface area (Å²) < 4.78 is 5.27. The first kappa shape index (κ1) is 14.4. The number of ether oxygens (including phenoxy) is 1. The standard InChI is InChI=1S/C17H21NO2/c1-12-8-9-14(10-13(12)2)16(19)11-18-15-6-4-5-7-17(15)20-3/h4-10,16,18-19H,11H2,1-3H3. The summed E-state index contributed by atoms with van der Waals surface area (Å²) >= 11 is 0. The summed E-state index contributed by atoms with van der Waals surface area (Å²) in [7, 11) is 1.64. The van der Waals surface area contributed by atoms with Crippen molar-refractivity contribution in [1.29, 1.82) is 0 Å². The molecule has 0 saturated carbocycles. The van der Waals surface area contributed by atoms with E-state index in [1.165, 1.54) is 11.1 Å². The van der Waals surface area contributed by atoms with E-state index in [1.807, 2.05) is 42.5 Å². The number of para-hydroxylation sites is 2. The number of anilines is 1. The number of nitrogens with one attached hydrogen (secondary N) is 1. The highest BCUT2D eigenvalue weighted by Crippen LogP contribution is 2.24. The van der Waals surface area contributed by atoms with Gasteiger partial charge in [-0.15, -0.1) is 0 Å². The van der Waals surface area contributed by atoms with E-state index in [2.05, 4.69) is 19.2 Å². The summed E-state index contributed by atoms with van der Waals surface area (Å²) in [5.74, 6) is 0.778. The molecule has 0 amide bonds. The van der Waals surface area contributed by atoms with Crippen LogP contribution in [0.25, 0.3) is 0 Å². The lowest BCUT2D eigenvalue weighted by atomic mass is 10.0. The average Bonchev–Trinajstić information content (AvgIpc) is 2.47. The van der Waals surface area contributed by atoms with E-state index in [0.29, 0.717) is 6.54 Å². The molecule has 20 heavy (non-hydrogen) atoms. The van der Waals surface area contributed by atoms with Gasteiger partial charge >= 0.3 is 0 Å². The Morgan fingerprint density at radius 1 is 1.10 bits per heavy atom. The molecule has 2 aromatic rings. The fourth-order valence-corrected chi connectivity index (χ4v) is 2.09. The minimum absolute atomic E-state index is 0.447. The minimum atomic E-state index is -0.542. The van der Waals surface area contributed by atoms with Gasteiger partial charge in [-0.3, -0.25) is 0 Å². The maximum atomic E-state index is 10.3. The number of hydrogen-bond acceptors (Lipinski definition) is 3. The van der Waals surface area contributed by atoms with Crippen molar-refractivity contribution >= 4 is 5.69 Å². The summed E-state index contributed by atoms with van der Waals surface area (Å²) in [6.45, 7) is 4.57. The molecule has 0 radical (unpaired) electrons. The molecule has 0 fully saturated rings. The van der Waals surface area contributed by atoms with Crippen LogP contribution in [0.2, 0.25) is 0 Å². The zero-order chi connectivity index (χ0) is 14.5. The van der Waals surface area contributed by atoms with Crippen LogP contribution in [-0.4, -0.2) is 18.8 Å². The van der Waals surface area contributed by atoms with Crippen LogP contribution in [-0.2, 0) is 0 Å². The minimum Gasteiger partial charge on any atom is -0.495 e. The van der Waals surface area contributed by atoms with Crippen molar-refractivity contribution in [2.75, 3.05) is 19.0 Å². The third-order valence-electron chi connectivity index (χ3n) is 3.51. The molecule has 1 atom stereocenters. The Balaban J connectivity index is 2.04. The summed E-state index contributed by atoms with van der Waals surface area (Å²) in [6, 6.07) is 13.7. The van der Waals surface area contributed by atoms with Crippen LogP contribution in [0.3, 0.4) is 0 Å². The summed E-state index contributed by atoms with van der Waals surface area (Å²) in [5, 5.41) is 13.5. The zero-order valence-electron chi connectivity index (χ0n) is 12.2. The molecule has 0 aromatic heterocycles. The molecule has 2 aromatic carbocycles. The zero-order valence-corrected chi connectivity index (χ0v) is 12.2. The summed E-state index contributed by atoms with van der Waals surface area (Å²) in [6.07, 6.45) is -0.542. The lowest BCUT2D eigenvalue weighted by Crippen LogP contribution is -2.13. The second kappa shape index (κ2) is 6.44. The van der Waals surface area contributed by atoms with Crippen molar-refractivity contribution in [2.45, 2.75) is 20.0 Å². The molecule has 3 heteroatoms. The molecule has 0 aliphatic carbocycles. The number of hydrogen-bond donors (Lipinski definition) is 2. The van der Waals surface area contributed by atoms with Gasteiger partial charge in [0.2, 0.25) is 0 Å². The van der Waals surface area contributed by atoms with Gasteiger partial charge in [-0.05, 0) is 42.7 Å². The molecule has 0 saturated heterocycles. The molecule has 2 N–H and O–H groups in total. The van der Waals surface area contributed by atoms with Gasteiger partial charge in [0.25, 0.3) is 0 Å². The first-order valence-electron chi connectivity index (χ1n) is 6.74. The second-order valence-corrected chi connectivity index (χ2v) is 4.94. The quantitative estimate of drug-likeness (QED) is 0.875. The highest BCUT2D eigenvalue weighted by atomic mass is 16.5. The molecule has 0 spiro atoms. The molecule has 2 rings (SSSR count). The monoisotopic (exact) mass is 271 g/mol. The van der Waals surface area contributed by atoms with Gasteiger partial charge < -0.3 is 15.2 Å². The van der Waals surface area contributed by atoms with Crippen molar-refractivity contribution in [1.82, 2.24) is 0 Å². The number of benzene rings is 2. The van der Waals surface area contributed by atoms with E-state index in [1.54, 1.807) is 7.11 Å². The molecule has 1 unspecified atom stereocenters. The highest BCUT2D eigenvalue weighted by Gasteiger charge is 2.09. The van der Waals surface area contributed by atoms with E-state index in [4.69, 9.17) is 4.74 Å². The van der Waals surface area contributed by atoms with E-state index in [0.717, 1.165) is 17.0 Å². The van der Waals surface area contributed by atoms with Gasteiger partial charge in [-0.1, -0.05) is 30.3 Å². The number of aryl methyl sites for hydroxylation is 2. The van der Waals surface area contributed by atoms with Gasteiger partial charge in [0.15, 0.2) is 0 Å². The van der Waals surface area contributed by atoms with E-state index < -0.39 is 6.10 Å². The van der Waals surface area contributed by atoms with Crippen molar-refractivity contribution in [3.63, 3.8) is 0 Å². The predicted octanol–water partition coefficient (Wildman–Crippen LogP) is 3.46. The Bertz CT molecular complexity index is 581. The highest BCUT2D eigenvalue weighted by molar-refractivity contribution is 5.56. The Labute approximate surface area is 120 Å². The largest absolute Gasteiger partial charge is 0.495 e. The Hall–Kier alpha value is -2.00. The van der Waals surface area contributed by atoms with E-state index in [-0.39, 0.29) is 0 Å².